The van der Waals surface area contributed by atoms with E-state index in [1.54, 1.807) is 81.8 Å². The fourth-order valence-corrected chi connectivity index (χ4v) is 6.46. The number of hydrogen-bond acceptors (Lipinski definition) is 11. The minimum Gasteiger partial charge on any atom is -0.492 e. The average molecular weight is 766 g/mol. The molecular weight excluding hydrogens is 722 g/mol. The summed E-state index contributed by atoms with van der Waals surface area (Å²) in [5, 5.41) is 25.7. The summed E-state index contributed by atoms with van der Waals surface area (Å²) in [5.41, 5.74) is 5.09. The number of carbonyl (C=O) groups is 6. The van der Waals surface area contributed by atoms with E-state index in [0.717, 1.165) is 29.0 Å². The Morgan fingerprint density at radius 1 is 1.00 bits per heavy atom. The Hall–Kier alpha value is -6.62. The number of anilines is 2. The smallest absolute Gasteiger partial charge is 0.322 e. The lowest BCUT2D eigenvalue weighted by Crippen LogP contribution is -2.54. The van der Waals surface area contributed by atoms with Crippen molar-refractivity contribution in [2.75, 3.05) is 30.3 Å². The van der Waals surface area contributed by atoms with Crippen LogP contribution in [0.1, 0.15) is 81.4 Å². The van der Waals surface area contributed by atoms with Crippen LogP contribution >= 0.6 is 0 Å². The molecule has 17 nitrogen and oxygen atoms in total. The number of aromatic nitrogens is 3. The van der Waals surface area contributed by atoms with Crippen molar-refractivity contribution in [1.29, 1.82) is 0 Å². The number of piperidine rings is 1. The molecule has 0 bridgehead atoms. The zero-order valence-electron chi connectivity index (χ0n) is 30.8. The van der Waals surface area contributed by atoms with Crippen LogP contribution in [0.2, 0.25) is 0 Å². The maximum atomic E-state index is 13.3. The third-order valence-electron chi connectivity index (χ3n) is 9.43. The van der Waals surface area contributed by atoms with Crippen molar-refractivity contribution in [2.24, 2.45) is 0 Å². The monoisotopic (exact) mass is 765 g/mol. The molecule has 3 aromatic carbocycles. The Morgan fingerprint density at radius 3 is 2.52 bits per heavy atom. The van der Waals surface area contributed by atoms with Crippen molar-refractivity contribution in [3.05, 3.63) is 101 Å². The number of hydroxylamine groups is 1. The number of hydrogen-bond donors (Lipinski definition) is 5. The van der Waals surface area contributed by atoms with E-state index in [1.807, 2.05) is 6.20 Å². The second-order valence-corrected chi connectivity index (χ2v) is 13.4. The van der Waals surface area contributed by atoms with Gasteiger partial charge in [-0.05, 0) is 79.8 Å². The number of urea groups is 1. The predicted octanol–water partition coefficient (Wildman–Crippen LogP) is 3.76. The number of nitrogens with one attached hydrogen (secondary N) is 4. The molecular formula is C39H43N9O8. The van der Waals surface area contributed by atoms with Gasteiger partial charge in [-0.2, -0.15) is 0 Å². The molecule has 2 aliphatic rings. The van der Waals surface area contributed by atoms with E-state index >= 15 is 0 Å². The third-order valence-corrected chi connectivity index (χ3v) is 9.43. The molecule has 1 aromatic heterocycles. The Morgan fingerprint density at radius 2 is 1.79 bits per heavy atom. The van der Waals surface area contributed by atoms with Gasteiger partial charge in [-0.15, -0.1) is 5.10 Å². The number of aryl methyl sites for hydroxylation is 1. The predicted molar refractivity (Wildman–Crippen MR) is 202 cm³/mol. The number of rotatable bonds is 17. The van der Waals surface area contributed by atoms with E-state index in [9.17, 15) is 28.8 Å². The lowest BCUT2D eigenvalue weighted by atomic mass is 10.0. The second-order valence-electron chi connectivity index (χ2n) is 13.4. The minimum absolute atomic E-state index is 0.0558. The maximum Gasteiger partial charge on any atom is 0.322 e. The number of ether oxygens (including phenoxy) is 1. The van der Waals surface area contributed by atoms with Gasteiger partial charge in [-0.25, -0.2) is 15.0 Å². The lowest BCUT2D eigenvalue weighted by molar-refractivity contribution is -0.136. The number of unbranched alkanes of at least 4 members (excludes halogenated alkanes) is 1. The number of amides is 7. The first-order valence-corrected chi connectivity index (χ1v) is 18.4. The fourth-order valence-electron chi connectivity index (χ4n) is 6.46. The van der Waals surface area contributed by atoms with E-state index in [2.05, 4.69) is 33.2 Å². The zero-order chi connectivity index (χ0) is 39.6. The van der Waals surface area contributed by atoms with Gasteiger partial charge in [-0.3, -0.25) is 39.4 Å². The van der Waals surface area contributed by atoms with Crippen LogP contribution in [0.4, 0.5) is 16.2 Å². The third kappa shape index (κ3) is 9.35. The van der Waals surface area contributed by atoms with Gasteiger partial charge in [0.2, 0.25) is 11.8 Å². The van der Waals surface area contributed by atoms with Crippen LogP contribution in [-0.2, 0) is 29.1 Å². The highest BCUT2D eigenvalue weighted by molar-refractivity contribution is 6.25. The molecule has 0 spiro atoms. The summed E-state index contributed by atoms with van der Waals surface area (Å²) in [6.07, 6.45) is 5.01. The minimum atomic E-state index is -1.02. The zero-order valence-corrected chi connectivity index (χ0v) is 30.8. The number of fused-ring (bicyclic) bond motifs is 1. The van der Waals surface area contributed by atoms with Crippen molar-refractivity contribution in [3.63, 3.8) is 0 Å². The van der Waals surface area contributed by atoms with Gasteiger partial charge in [0.05, 0.1) is 23.4 Å². The Balaban J connectivity index is 0.928. The molecule has 1 atom stereocenters. The summed E-state index contributed by atoms with van der Waals surface area (Å²) < 4.78 is 7.58. The van der Waals surface area contributed by atoms with Gasteiger partial charge >= 0.3 is 6.03 Å². The fraction of sp³-hybridized carbons (Fsp3) is 0.333. The molecule has 3 heterocycles. The molecule has 7 amide bonds. The van der Waals surface area contributed by atoms with Gasteiger partial charge in [0.25, 0.3) is 17.7 Å². The number of imide groups is 2. The van der Waals surface area contributed by atoms with Crippen molar-refractivity contribution < 1.29 is 38.7 Å². The van der Waals surface area contributed by atoms with Crippen LogP contribution in [0.25, 0.3) is 0 Å². The molecule has 1 unspecified atom stereocenters. The topological polar surface area (TPSA) is 217 Å². The maximum absolute atomic E-state index is 13.3. The first-order chi connectivity index (χ1) is 27.1. The Labute approximate surface area is 322 Å². The number of nitrogens with zero attached hydrogens (tertiary/aromatic N) is 5. The quantitative estimate of drug-likeness (QED) is 0.0451. The largest absolute Gasteiger partial charge is 0.492 e. The number of carbonyl (C=O) groups excluding carboxylic acids is 6. The summed E-state index contributed by atoms with van der Waals surface area (Å²) >= 11 is 0. The molecule has 0 aliphatic carbocycles. The summed E-state index contributed by atoms with van der Waals surface area (Å²) in [7, 11) is 0. The molecule has 17 heteroatoms. The van der Waals surface area contributed by atoms with Crippen LogP contribution in [0.3, 0.4) is 0 Å². The highest BCUT2D eigenvalue weighted by Crippen LogP contribution is 2.32. The van der Waals surface area contributed by atoms with Crippen LogP contribution < -0.4 is 26.2 Å². The Kier molecular flexibility index (Phi) is 12.7. The molecule has 1 fully saturated rings. The van der Waals surface area contributed by atoms with Gasteiger partial charge in [0.15, 0.2) is 0 Å². The standard InChI is InChI=1S/C39H43N9O8/c1-2-3-20-46(23-25-9-11-26(12-10-25)35(50)44-55)39(54)41-27-13-15-29(16-14-27)56-22-21-47-24-28(43-45-47)6-5-19-40-31-8-4-7-30-34(31)38(53)48(37(30)52)32-17-18-33(49)42-36(32)51/h4,7-16,24,32,40,55H,2-3,5-6,17-23H2,1H3,(H,41,54)(H,44,50)(H,42,49,51). The van der Waals surface area contributed by atoms with Crippen LogP contribution in [0, 0.1) is 0 Å². The SMILES string of the molecule is CCCCN(Cc1ccc(C(=O)NO)cc1)C(=O)Nc1ccc(OCCn2cc(CCCNc3cccc4c3C(=O)N(C3CCC(=O)NC3=O)C4=O)nn2)cc1. The normalized spacial score (nSPS) is 15.0. The molecule has 4 aromatic rings. The second kappa shape index (κ2) is 18.1. The first kappa shape index (κ1) is 39.1. The van der Waals surface area contributed by atoms with Crippen LogP contribution in [-0.4, -0.2) is 91.3 Å². The molecule has 292 valence electrons. The number of benzene rings is 3. The van der Waals surface area contributed by atoms with Gasteiger partial charge in [0.1, 0.15) is 18.4 Å². The van der Waals surface area contributed by atoms with Crippen LogP contribution in [0.15, 0.2) is 72.9 Å². The van der Waals surface area contributed by atoms with Crippen molar-refractivity contribution in [1.82, 2.24) is 35.6 Å². The summed E-state index contributed by atoms with van der Waals surface area (Å²) in [5.74, 6) is -2.16. The van der Waals surface area contributed by atoms with E-state index in [1.165, 1.54) is 0 Å². The van der Waals surface area contributed by atoms with Gasteiger partial charge in [0, 0.05) is 49.2 Å². The average Bonchev–Trinajstić information content (AvgIpc) is 3.76. The van der Waals surface area contributed by atoms with Crippen molar-refractivity contribution >= 4 is 46.9 Å². The van der Waals surface area contributed by atoms with E-state index in [0.29, 0.717) is 68.3 Å². The van der Waals surface area contributed by atoms with E-state index in [4.69, 9.17) is 9.94 Å². The summed E-state index contributed by atoms with van der Waals surface area (Å²) in [6.45, 7) is 4.23. The molecule has 5 N–H and O–H groups in total. The molecule has 2 aliphatic heterocycles. The van der Waals surface area contributed by atoms with Crippen molar-refractivity contribution in [2.45, 2.75) is 64.6 Å². The summed E-state index contributed by atoms with van der Waals surface area (Å²) in [6, 6.07) is 17.4. The lowest BCUT2D eigenvalue weighted by Gasteiger charge is -2.27. The van der Waals surface area contributed by atoms with Gasteiger partial charge in [-0.1, -0.05) is 36.8 Å². The van der Waals surface area contributed by atoms with E-state index in [-0.39, 0.29) is 30.0 Å². The molecule has 0 radical (unpaired) electrons. The highest BCUT2D eigenvalue weighted by Gasteiger charge is 2.45. The van der Waals surface area contributed by atoms with Gasteiger partial charge < -0.3 is 20.3 Å². The molecule has 6 rings (SSSR count). The first-order valence-electron chi connectivity index (χ1n) is 18.4. The highest BCUT2D eigenvalue weighted by atomic mass is 16.5. The Bertz CT molecular complexity index is 2080. The molecule has 0 saturated carbocycles. The van der Waals surface area contributed by atoms with Crippen molar-refractivity contribution in [3.8, 4) is 5.75 Å². The van der Waals surface area contributed by atoms with Crippen LogP contribution in [0.5, 0.6) is 5.75 Å². The molecule has 1 saturated heterocycles. The van der Waals surface area contributed by atoms with E-state index < -0.39 is 35.6 Å². The molecule has 56 heavy (non-hydrogen) atoms. The summed E-state index contributed by atoms with van der Waals surface area (Å²) in [4.78, 5) is 77.8.